The van der Waals surface area contributed by atoms with Crippen LogP contribution in [-0.4, -0.2) is 50.1 Å². The fourth-order valence-corrected chi connectivity index (χ4v) is 4.35. The first-order chi connectivity index (χ1) is 14.0. The molecule has 29 heavy (non-hydrogen) atoms. The Morgan fingerprint density at radius 1 is 1.17 bits per heavy atom. The number of fused-ring (bicyclic) bond motifs is 2. The summed E-state index contributed by atoms with van der Waals surface area (Å²) in [6.07, 6.45) is 2.56. The fraction of sp³-hybridized carbons (Fsp3) is 0.524. The van der Waals surface area contributed by atoms with Gasteiger partial charge in [0.15, 0.2) is 11.5 Å². The van der Waals surface area contributed by atoms with Crippen molar-refractivity contribution in [1.29, 1.82) is 0 Å². The highest BCUT2D eigenvalue weighted by molar-refractivity contribution is 6.01. The molecule has 8 heteroatoms. The molecule has 8 nitrogen and oxygen atoms in total. The van der Waals surface area contributed by atoms with E-state index in [-0.39, 0.29) is 5.91 Å². The number of carbonyl (C=O) groups excluding carboxylic acids is 1. The molecule has 0 unspecified atom stereocenters. The molecule has 0 aliphatic carbocycles. The van der Waals surface area contributed by atoms with E-state index in [1.165, 1.54) is 0 Å². The van der Waals surface area contributed by atoms with Gasteiger partial charge in [-0.3, -0.25) is 4.79 Å². The number of aryl methyl sites for hydroxylation is 3. The maximum atomic E-state index is 13.4. The van der Waals surface area contributed by atoms with E-state index < -0.39 is 0 Å². The van der Waals surface area contributed by atoms with Gasteiger partial charge < -0.3 is 14.1 Å². The van der Waals surface area contributed by atoms with E-state index in [1.807, 2.05) is 31.7 Å². The summed E-state index contributed by atoms with van der Waals surface area (Å²) in [6, 6.07) is 1.97. The van der Waals surface area contributed by atoms with Crippen molar-refractivity contribution in [1.82, 2.24) is 24.5 Å². The molecule has 1 amide bonds. The molecule has 5 heterocycles. The van der Waals surface area contributed by atoms with E-state index in [2.05, 4.69) is 10.1 Å². The normalized spacial score (nSPS) is 17.7. The second kappa shape index (κ2) is 6.95. The van der Waals surface area contributed by atoms with Crippen molar-refractivity contribution < 1.29 is 13.9 Å². The molecule has 0 bridgehead atoms. The van der Waals surface area contributed by atoms with Crippen LogP contribution in [0.1, 0.15) is 63.5 Å². The molecule has 3 aromatic heterocycles. The van der Waals surface area contributed by atoms with E-state index in [0.29, 0.717) is 42.3 Å². The summed E-state index contributed by atoms with van der Waals surface area (Å²) in [5.74, 6) is 1.98. The lowest BCUT2D eigenvalue weighted by molar-refractivity contribution is 0.0726. The number of nitrogens with zero attached hydrogens (tertiary/aromatic N) is 5. The maximum Gasteiger partial charge on any atom is 0.259 e. The third-order valence-corrected chi connectivity index (χ3v) is 5.89. The minimum absolute atomic E-state index is 0.0451. The van der Waals surface area contributed by atoms with E-state index >= 15 is 0 Å². The summed E-state index contributed by atoms with van der Waals surface area (Å²) in [5, 5.41) is 4.54. The lowest BCUT2D eigenvalue weighted by atomic mass is 10.0. The molecule has 0 radical (unpaired) electrons. The van der Waals surface area contributed by atoms with Gasteiger partial charge in [-0.05, 0) is 39.7 Å². The molecule has 1 fully saturated rings. The lowest BCUT2D eigenvalue weighted by Crippen LogP contribution is -2.36. The van der Waals surface area contributed by atoms with Crippen LogP contribution in [0.4, 0.5) is 0 Å². The zero-order valence-electron chi connectivity index (χ0n) is 17.1. The first kappa shape index (κ1) is 18.3. The Morgan fingerprint density at radius 3 is 2.76 bits per heavy atom. The molecule has 0 N–H and O–H groups in total. The number of amides is 1. The molecular weight excluding hydrogens is 370 g/mol. The van der Waals surface area contributed by atoms with Crippen LogP contribution >= 0.6 is 0 Å². The highest BCUT2D eigenvalue weighted by Gasteiger charge is 2.31. The second-order valence-corrected chi connectivity index (χ2v) is 8.02. The monoisotopic (exact) mass is 395 g/mol. The number of aromatic nitrogens is 4. The van der Waals surface area contributed by atoms with Crippen molar-refractivity contribution in [3.63, 3.8) is 0 Å². The maximum absolute atomic E-state index is 13.4. The van der Waals surface area contributed by atoms with Gasteiger partial charge in [0.05, 0.1) is 12.2 Å². The average Bonchev–Trinajstić information content (AvgIpc) is 3.28. The zero-order chi connectivity index (χ0) is 20.1. The van der Waals surface area contributed by atoms with Crippen LogP contribution in [0, 0.1) is 20.8 Å². The Balaban J connectivity index is 1.43. The number of hydrogen-bond acceptors (Lipinski definition) is 6. The Bertz CT molecular complexity index is 1090. The highest BCUT2D eigenvalue weighted by Crippen LogP contribution is 2.30. The van der Waals surface area contributed by atoms with Gasteiger partial charge in [-0.2, -0.15) is 5.10 Å². The first-order valence-corrected chi connectivity index (χ1v) is 10.2. The Hall–Kier alpha value is -2.74. The minimum Gasteiger partial charge on any atom is -0.445 e. The van der Waals surface area contributed by atoms with Crippen LogP contribution in [0.25, 0.3) is 5.65 Å². The molecule has 2 aliphatic rings. The molecule has 2 aliphatic heterocycles. The minimum atomic E-state index is -0.0451. The number of rotatable bonds is 2. The smallest absolute Gasteiger partial charge is 0.259 e. The van der Waals surface area contributed by atoms with Gasteiger partial charge in [-0.25, -0.2) is 14.5 Å². The number of oxazole rings is 1. The largest absolute Gasteiger partial charge is 0.445 e. The van der Waals surface area contributed by atoms with Gasteiger partial charge in [0.1, 0.15) is 17.0 Å². The summed E-state index contributed by atoms with van der Waals surface area (Å²) in [7, 11) is 0. The molecule has 3 aromatic rings. The summed E-state index contributed by atoms with van der Waals surface area (Å²) in [5.41, 5.74) is 4.62. The predicted octanol–water partition coefficient (Wildman–Crippen LogP) is 2.74. The molecule has 0 atom stereocenters. The van der Waals surface area contributed by atoms with E-state index in [0.717, 1.165) is 54.8 Å². The van der Waals surface area contributed by atoms with Crippen LogP contribution in [0.5, 0.6) is 0 Å². The van der Waals surface area contributed by atoms with Crippen molar-refractivity contribution in [3.8, 4) is 0 Å². The van der Waals surface area contributed by atoms with Crippen LogP contribution in [0.2, 0.25) is 0 Å². The highest BCUT2D eigenvalue weighted by atomic mass is 16.5. The zero-order valence-corrected chi connectivity index (χ0v) is 17.1. The van der Waals surface area contributed by atoms with Crippen LogP contribution in [0.15, 0.2) is 10.5 Å². The van der Waals surface area contributed by atoms with E-state index in [4.69, 9.17) is 14.1 Å². The number of carbonyl (C=O) groups is 1. The van der Waals surface area contributed by atoms with Crippen molar-refractivity contribution in [2.24, 2.45) is 0 Å². The van der Waals surface area contributed by atoms with Crippen LogP contribution in [-0.2, 0) is 17.7 Å². The molecular formula is C21H25N5O3. The SMILES string of the molecule is Cc1cc(C)n2nc(C)c(C(=O)N3CCc4oc(C5CCOCC5)nc4C3)c2n1. The summed E-state index contributed by atoms with van der Waals surface area (Å²) < 4.78 is 13.3. The van der Waals surface area contributed by atoms with Gasteiger partial charge in [0.25, 0.3) is 5.91 Å². The van der Waals surface area contributed by atoms with Crippen molar-refractivity contribution in [2.45, 2.75) is 52.5 Å². The third-order valence-electron chi connectivity index (χ3n) is 5.89. The summed E-state index contributed by atoms with van der Waals surface area (Å²) >= 11 is 0. The van der Waals surface area contributed by atoms with Gasteiger partial charge in [0.2, 0.25) is 0 Å². The Labute approximate surface area is 168 Å². The van der Waals surface area contributed by atoms with E-state index in [9.17, 15) is 4.79 Å². The second-order valence-electron chi connectivity index (χ2n) is 8.02. The predicted molar refractivity (Wildman–Crippen MR) is 105 cm³/mol. The van der Waals surface area contributed by atoms with Crippen molar-refractivity contribution >= 4 is 11.6 Å². The van der Waals surface area contributed by atoms with Gasteiger partial charge in [0, 0.05) is 43.5 Å². The lowest BCUT2D eigenvalue weighted by Gasteiger charge is -2.25. The Kier molecular flexibility index (Phi) is 4.38. The summed E-state index contributed by atoms with van der Waals surface area (Å²) in [4.78, 5) is 24.6. The quantitative estimate of drug-likeness (QED) is 0.663. The van der Waals surface area contributed by atoms with Gasteiger partial charge in [-0.1, -0.05) is 0 Å². The Morgan fingerprint density at radius 2 is 1.97 bits per heavy atom. The van der Waals surface area contributed by atoms with Crippen molar-refractivity contribution in [2.75, 3.05) is 19.8 Å². The number of ether oxygens (including phenoxy) is 1. The third kappa shape index (κ3) is 3.11. The molecule has 5 rings (SSSR count). The molecule has 0 saturated carbocycles. The molecule has 1 saturated heterocycles. The van der Waals surface area contributed by atoms with Crippen molar-refractivity contribution in [3.05, 3.63) is 46.1 Å². The van der Waals surface area contributed by atoms with Gasteiger partial charge >= 0.3 is 0 Å². The molecule has 0 aromatic carbocycles. The average molecular weight is 395 g/mol. The molecule has 0 spiro atoms. The number of hydrogen-bond donors (Lipinski definition) is 0. The first-order valence-electron chi connectivity index (χ1n) is 10.2. The van der Waals surface area contributed by atoms with Crippen LogP contribution in [0.3, 0.4) is 0 Å². The van der Waals surface area contributed by atoms with Crippen LogP contribution < -0.4 is 0 Å². The van der Waals surface area contributed by atoms with E-state index in [1.54, 1.807) is 4.52 Å². The standard InChI is InChI=1S/C21H25N5O3/c1-12-10-13(2)26-19(22-12)18(14(3)24-26)21(27)25-7-4-17-16(11-25)23-20(29-17)15-5-8-28-9-6-15/h10,15H,4-9,11H2,1-3H3. The fourth-order valence-electron chi connectivity index (χ4n) is 4.35. The summed E-state index contributed by atoms with van der Waals surface area (Å²) in [6.45, 7) is 8.35. The molecule has 152 valence electrons. The van der Waals surface area contributed by atoms with Gasteiger partial charge in [-0.15, -0.1) is 0 Å². The topological polar surface area (TPSA) is 85.8 Å².